The van der Waals surface area contributed by atoms with E-state index in [1.54, 1.807) is 0 Å². The monoisotopic (exact) mass is 298 g/mol. The molecule has 5 nitrogen and oxygen atoms in total. The maximum Gasteiger partial charge on any atom is 0.220 e. The lowest BCUT2D eigenvalue weighted by Gasteiger charge is -2.35. The zero-order valence-corrected chi connectivity index (χ0v) is 12.8. The highest BCUT2D eigenvalue weighted by Crippen LogP contribution is 2.36. The van der Waals surface area contributed by atoms with Crippen LogP contribution in [0.2, 0.25) is 0 Å². The minimum atomic E-state index is 0.129. The summed E-state index contributed by atoms with van der Waals surface area (Å²) in [4.78, 5) is 12.1. The van der Waals surface area contributed by atoms with Crippen LogP contribution in [-0.4, -0.2) is 22.1 Å². The van der Waals surface area contributed by atoms with Gasteiger partial charge in [0, 0.05) is 30.1 Å². The standard InChI is InChI=1S/C17H22N4O/c1-11(12-5-3-2-4-6-12)7-17(22)19-14-8-13(9-14)15-10-16(18)21-20-15/h2-6,10-11,13-14H,7-9H2,1H3,(H,19,22)(H3,18,20,21). The van der Waals surface area contributed by atoms with Crippen LogP contribution in [0.3, 0.4) is 0 Å². The summed E-state index contributed by atoms with van der Waals surface area (Å²) in [6.45, 7) is 2.09. The average Bonchev–Trinajstić information content (AvgIpc) is 2.89. The van der Waals surface area contributed by atoms with Crippen molar-refractivity contribution in [1.29, 1.82) is 0 Å². The SMILES string of the molecule is CC(CC(=O)NC1CC(c2cc(N)n[nH]2)C1)c1ccccc1. The number of nitrogen functional groups attached to an aromatic ring is 1. The van der Waals surface area contributed by atoms with E-state index in [-0.39, 0.29) is 17.9 Å². The van der Waals surface area contributed by atoms with Crippen molar-refractivity contribution >= 4 is 11.7 Å². The number of carbonyl (C=O) groups is 1. The summed E-state index contributed by atoms with van der Waals surface area (Å²) in [7, 11) is 0. The minimum Gasteiger partial charge on any atom is -0.382 e. The van der Waals surface area contributed by atoms with Gasteiger partial charge < -0.3 is 11.1 Å². The molecular weight excluding hydrogens is 276 g/mol. The Bertz CT molecular complexity index is 631. The van der Waals surface area contributed by atoms with Gasteiger partial charge in [-0.2, -0.15) is 5.10 Å². The lowest BCUT2D eigenvalue weighted by atomic mass is 9.78. The number of nitrogens with zero attached hydrogens (tertiary/aromatic N) is 1. The number of nitrogens with one attached hydrogen (secondary N) is 2. The van der Waals surface area contributed by atoms with Gasteiger partial charge in [0.05, 0.1) is 0 Å². The van der Waals surface area contributed by atoms with E-state index in [1.165, 1.54) is 5.56 Å². The molecule has 1 heterocycles. The van der Waals surface area contributed by atoms with Crippen molar-refractivity contribution in [3.05, 3.63) is 47.7 Å². The zero-order valence-electron chi connectivity index (χ0n) is 12.8. The van der Waals surface area contributed by atoms with Gasteiger partial charge in [-0.05, 0) is 24.3 Å². The van der Waals surface area contributed by atoms with Crippen LogP contribution in [0.15, 0.2) is 36.4 Å². The molecule has 1 fully saturated rings. The third kappa shape index (κ3) is 3.30. The fourth-order valence-electron chi connectivity index (χ4n) is 3.02. The van der Waals surface area contributed by atoms with Gasteiger partial charge in [0.15, 0.2) is 0 Å². The van der Waals surface area contributed by atoms with Crippen LogP contribution in [-0.2, 0) is 4.79 Å². The molecule has 0 aliphatic heterocycles. The molecule has 1 unspecified atom stereocenters. The van der Waals surface area contributed by atoms with Crippen molar-refractivity contribution in [3.8, 4) is 0 Å². The molecule has 22 heavy (non-hydrogen) atoms. The molecule has 1 aromatic carbocycles. The molecule has 1 amide bonds. The van der Waals surface area contributed by atoms with E-state index >= 15 is 0 Å². The minimum absolute atomic E-state index is 0.129. The van der Waals surface area contributed by atoms with E-state index in [4.69, 9.17) is 5.73 Å². The largest absolute Gasteiger partial charge is 0.382 e. The number of anilines is 1. The second-order valence-corrected chi connectivity index (χ2v) is 6.20. The Morgan fingerprint density at radius 3 is 2.77 bits per heavy atom. The molecule has 1 aliphatic carbocycles. The summed E-state index contributed by atoms with van der Waals surface area (Å²) < 4.78 is 0. The molecule has 4 N–H and O–H groups in total. The fraction of sp³-hybridized carbons (Fsp3) is 0.412. The molecule has 1 aromatic heterocycles. The number of amides is 1. The van der Waals surface area contributed by atoms with Crippen LogP contribution in [0.4, 0.5) is 5.82 Å². The van der Waals surface area contributed by atoms with Crippen LogP contribution in [0.25, 0.3) is 0 Å². The molecule has 1 aliphatic rings. The summed E-state index contributed by atoms with van der Waals surface area (Å²) in [5.74, 6) is 1.33. The van der Waals surface area contributed by atoms with Gasteiger partial charge in [-0.1, -0.05) is 37.3 Å². The van der Waals surface area contributed by atoms with Crippen LogP contribution in [0, 0.1) is 0 Å². The normalized spacial score (nSPS) is 21.9. The highest BCUT2D eigenvalue weighted by atomic mass is 16.1. The van der Waals surface area contributed by atoms with E-state index in [9.17, 15) is 4.79 Å². The number of H-pyrrole nitrogens is 1. The Morgan fingerprint density at radius 2 is 2.14 bits per heavy atom. The predicted octanol–water partition coefficient (Wildman–Crippen LogP) is 2.55. The molecule has 0 spiro atoms. The number of carbonyl (C=O) groups excluding carboxylic acids is 1. The third-order valence-corrected chi connectivity index (χ3v) is 4.42. The van der Waals surface area contributed by atoms with Crippen LogP contribution in [0.5, 0.6) is 0 Å². The van der Waals surface area contributed by atoms with E-state index in [2.05, 4.69) is 34.6 Å². The maximum atomic E-state index is 12.1. The topological polar surface area (TPSA) is 83.8 Å². The van der Waals surface area contributed by atoms with E-state index in [0.717, 1.165) is 18.5 Å². The average molecular weight is 298 g/mol. The second kappa shape index (κ2) is 6.22. The van der Waals surface area contributed by atoms with E-state index < -0.39 is 0 Å². The fourth-order valence-corrected chi connectivity index (χ4v) is 3.02. The quantitative estimate of drug-likeness (QED) is 0.793. The molecule has 0 saturated heterocycles. The summed E-state index contributed by atoms with van der Waals surface area (Å²) >= 11 is 0. The predicted molar refractivity (Wildman–Crippen MR) is 86.4 cm³/mol. The third-order valence-electron chi connectivity index (χ3n) is 4.42. The summed E-state index contributed by atoms with van der Waals surface area (Å²) in [5.41, 5.74) is 7.88. The Labute approximate surface area is 130 Å². The van der Waals surface area contributed by atoms with Gasteiger partial charge in [0.2, 0.25) is 5.91 Å². The van der Waals surface area contributed by atoms with Gasteiger partial charge in [0.1, 0.15) is 5.82 Å². The number of hydrogen-bond acceptors (Lipinski definition) is 3. The van der Waals surface area contributed by atoms with Crippen molar-refractivity contribution in [2.75, 3.05) is 5.73 Å². The van der Waals surface area contributed by atoms with Crippen molar-refractivity contribution in [3.63, 3.8) is 0 Å². The van der Waals surface area contributed by atoms with Crippen molar-refractivity contribution in [2.24, 2.45) is 0 Å². The highest BCUT2D eigenvalue weighted by Gasteiger charge is 2.32. The van der Waals surface area contributed by atoms with E-state index in [1.807, 2.05) is 24.3 Å². The van der Waals surface area contributed by atoms with Gasteiger partial charge in [0.25, 0.3) is 0 Å². The van der Waals surface area contributed by atoms with E-state index in [0.29, 0.717) is 18.2 Å². The summed E-state index contributed by atoms with van der Waals surface area (Å²) in [6, 6.07) is 12.3. The first kappa shape index (κ1) is 14.6. The molecule has 2 aromatic rings. The first-order chi connectivity index (χ1) is 10.6. The van der Waals surface area contributed by atoms with Crippen molar-refractivity contribution < 1.29 is 4.79 Å². The number of hydrogen-bond donors (Lipinski definition) is 3. The first-order valence-electron chi connectivity index (χ1n) is 7.77. The van der Waals surface area contributed by atoms with Crippen molar-refractivity contribution in [1.82, 2.24) is 15.5 Å². The lowest BCUT2D eigenvalue weighted by Crippen LogP contribution is -2.43. The number of rotatable bonds is 5. The van der Waals surface area contributed by atoms with Gasteiger partial charge in [-0.15, -0.1) is 0 Å². The molecule has 5 heteroatoms. The van der Waals surface area contributed by atoms with Crippen LogP contribution in [0.1, 0.15) is 49.3 Å². The van der Waals surface area contributed by atoms with Crippen LogP contribution >= 0.6 is 0 Å². The lowest BCUT2D eigenvalue weighted by molar-refractivity contribution is -0.122. The Kier molecular flexibility index (Phi) is 4.13. The molecule has 0 radical (unpaired) electrons. The highest BCUT2D eigenvalue weighted by molar-refractivity contribution is 5.77. The molecule has 1 saturated carbocycles. The van der Waals surface area contributed by atoms with Gasteiger partial charge in [-0.25, -0.2) is 0 Å². The molecule has 116 valence electrons. The Morgan fingerprint density at radius 1 is 1.41 bits per heavy atom. The van der Waals surface area contributed by atoms with Crippen molar-refractivity contribution in [2.45, 2.75) is 44.1 Å². The molecule has 0 bridgehead atoms. The number of benzene rings is 1. The molecule has 1 atom stereocenters. The van der Waals surface area contributed by atoms with Gasteiger partial charge >= 0.3 is 0 Å². The molecular formula is C17H22N4O. The smallest absolute Gasteiger partial charge is 0.220 e. The second-order valence-electron chi connectivity index (χ2n) is 6.20. The number of aromatic nitrogens is 2. The van der Waals surface area contributed by atoms with Gasteiger partial charge in [-0.3, -0.25) is 9.89 Å². The maximum absolute atomic E-state index is 12.1. The first-order valence-corrected chi connectivity index (χ1v) is 7.77. The summed E-state index contributed by atoms with van der Waals surface area (Å²) in [5, 5.41) is 10.0. The number of nitrogens with two attached hydrogens (primary N) is 1. The number of aromatic amines is 1. The Hall–Kier alpha value is -2.30. The zero-order chi connectivity index (χ0) is 15.5. The Balaban J connectivity index is 1.44. The molecule has 3 rings (SSSR count). The van der Waals surface area contributed by atoms with Crippen LogP contribution < -0.4 is 11.1 Å². The summed E-state index contributed by atoms with van der Waals surface area (Å²) in [6.07, 6.45) is 2.43.